The van der Waals surface area contributed by atoms with Crippen LogP contribution in [0.3, 0.4) is 0 Å². The average molecular weight is 320 g/mol. The number of nitrogens with one attached hydrogen (secondary N) is 2. The summed E-state index contributed by atoms with van der Waals surface area (Å²) >= 11 is 0. The number of anilines is 2. The van der Waals surface area contributed by atoms with Gasteiger partial charge in [-0.25, -0.2) is 0 Å². The van der Waals surface area contributed by atoms with Gasteiger partial charge in [0.15, 0.2) is 0 Å². The SMILES string of the molecule is CC(C)[C@H](N)C(=O)NCC(=O)Nc1ccc2c(c1)N(C)CCO2. The van der Waals surface area contributed by atoms with Crippen LogP contribution in [-0.2, 0) is 9.59 Å². The molecular weight excluding hydrogens is 296 g/mol. The highest BCUT2D eigenvalue weighted by atomic mass is 16.5. The number of rotatable bonds is 5. The number of ether oxygens (including phenoxy) is 1. The van der Waals surface area contributed by atoms with E-state index in [0.717, 1.165) is 18.0 Å². The summed E-state index contributed by atoms with van der Waals surface area (Å²) in [7, 11) is 1.97. The molecule has 1 heterocycles. The molecule has 0 unspecified atom stereocenters. The van der Waals surface area contributed by atoms with Crippen LogP contribution in [0.2, 0.25) is 0 Å². The summed E-state index contributed by atoms with van der Waals surface area (Å²) < 4.78 is 5.56. The molecule has 126 valence electrons. The highest BCUT2D eigenvalue weighted by molar-refractivity contribution is 5.95. The summed E-state index contributed by atoms with van der Waals surface area (Å²) in [6.45, 7) is 5.06. The summed E-state index contributed by atoms with van der Waals surface area (Å²) in [6.07, 6.45) is 0. The molecule has 0 saturated carbocycles. The minimum atomic E-state index is -0.614. The summed E-state index contributed by atoms with van der Waals surface area (Å²) in [4.78, 5) is 25.8. The van der Waals surface area contributed by atoms with Gasteiger partial charge in [-0.3, -0.25) is 9.59 Å². The van der Waals surface area contributed by atoms with Crippen molar-refractivity contribution in [1.29, 1.82) is 0 Å². The maximum atomic E-state index is 11.9. The summed E-state index contributed by atoms with van der Waals surface area (Å²) in [5, 5.41) is 5.30. The Bertz CT molecular complexity index is 589. The van der Waals surface area contributed by atoms with Crippen molar-refractivity contribution >= 4 is 23.2 Å². The number of carbonyl (C=O) groups excluding carboxylic acids is 2. The second-order valence-electron chi connectivity index (χ2n) is 5.99. The molecule has 23 heavy (non-hydrogen) atoms. The Morgan fingerprint density at radius 2 is 2.13 bits per heavy atom. The molecule has 1 aromatic carbocycles. The van der Waals surface area contributed by atoms with Gasteiger partial charge < -0.3 is 26.0 Å². The van der Waals surface area contributed by atoms with Crippen LogP contribution in [0.5, 0.6) is 5.75 Å². The Morgan fingerprint density at radius 1 is 1.39 bits per heavy atom. The second-order valence-corrected chi connectivity index (χ2v) is 5.99. The minimum Gasteiger partial charge on any atom is -0.490 e. The van der Waals surface area contributed by atoms with Crippen LogP contribution in [0.15, 0.2) is 18.2 Å². The Morgan fingerprint density at radius 3 is 2.83 bits per heavy atom. The fourth-order valence-electron chi connectivity index (χ4n) is 2.22. The van der Waals surface area contributed by atoms with Crippen molar-refractivity contribution in [2.24, 2.45) is 11.7 Å². The van der Waals surface area contributed by atoms with Crippen LogP contribution in [0.4, 0.5) is 11.4 Å². The van der Waals surface area contributed by atoms with Gasteiger partial charge in [0.05, 0.1) is 24.8 Å². The lowest BCUT2D eigenvalue weighted by molar-refractivity contribution is -0.125. The van der Waals surface area contributed by atoms with Crippen LogP contribution in [0.1, 0.15) is 13.8 Å². The van der Waals surface area contributed by atoms with Gasteiger partial charge in [-0.1, -0.05) is 13.8 Å². The van der Waals surface area contributed by atoms with E-state index in [2.05, 4.69) is 15.5 Å². The van der Waals surface area contributed by atoms with Gasteiger partial charge in [0, 0.05) is 12.7 Å². The Balaban J connectivity index is 1.91. The first-order valence-corrected chi connectivity index (χ1v) is 7.69. The third-order valence-corrected chi connectivity index (χ3v) is 3.78. The van der Waals surface area contributed by atoms with Crippen molar-refractivity contribution in [1.82, 2.24) is 5.32 Å². The van der Waals surface area contributed by atoms with Gasteiger partial charge in [-0.2, -0.15) is 0 Å². The van der Waals surface area contributed by atoms with E-state index in [0.29, 0.717) is 12.3 Å². The number of amides is 2. The van der Waals surface area contributed by atoms with Crippen molar-refractivity contribution in [2.75, 3.05) is 37.0 Å². The van der Waals surface area contributed by atoms with Crippen molar-refractivity contribution < 1.29 is 14.3 Å². The highest BCUT2D eigenvalue weighted by Crippen LogP contribution is 2.33. The van der Waals surface area contributed by atoms with E-state index in [1.165, 1.54) is 0 Å². The van der Waals surface area contributed by atoms with E-state index in [-0.39, 0.29) is 24.3 Å². The number of carbonyl (C=O) groups is 2. The standard InChI is InChI=1S/C16H24N4O3/c1-10(2)15(17)16(22)18-9-14(21)19-11-4-5-13-12(8-11)20(3)6-7-23-13/h4-5,8,10,15H,6-7,9,17H2,1-3H3,(H,18,22)(H,19,21)/t15-/m0/s1. The van der Waals surface area contributed by atoms with Gasteiger partial charge in [0.2, 0.25) is 11.8 Å². The molecule has 0 aliphatic carbocycles. The zero-order valence-electron chi connectivity index (χ0n) is 13.8. The lowest BCUT2D eigenvalue weighted by Crippen LogP contribution is -2.46. The van der Waals surface area contributed by atoms with Gasteiger partial charge in [0.25, 0.3) is 0 Å². The summed E-state index contributed by atoms with van der Waals surface area (Å²) in [5.41, 5.74) is 7.32. The van der Waals surface area contributed by atoms with E-state index >= 15 is 0 Å². The fourth-order valence-corrected chi connectivity index (χ4v) is 2.22. The third-order valence-electron chi connectivity index (χ3n) is 3.78. The molecule has 1 aliphatic rings. The zero-order chi connectivity index (χ0) is 17.0. The third kappa shape index (κ3) is 4.35. The van der Waals surface area contributed by atoms with Gasteiger partial charge >= 0.3 is 0 Å². The number of hydrogen-bond donors (Lipinski definition) is 3. The van der Waals surface area contributed by atoms with E-state index in [4.69, 9.17) is 10.5 Å². The maximum Gasteiger partial charge on any atom is 0.243 e. The molecule has 0 saturated heterocycles. The van der Waals surface area contributed by atoms with Gasteiger partial charge in [-0.15, -0.1) is 0 Å². The van der Waals surface area contributed by atoms with Gasteiger partial charge in [0.1, 0.15) is 12.4 Å². The predicted molar refractivity (Wildman–Crippen MR) is 89.7 cm³/mol. The number of hydrogen-bond acceptors (Lipinski definition) is 5. The van der Waals surface area contributed by atoms with Gasteiger partial charge in [-0.05, 0) is 24.1 Å². The fraction of sp³-hybridized carbons (Fsp3) is 0.500. The molecule has 1 atom stereocenters. The smallest absolute Gasteiger partial charge is 0.243 e. The molecule has 0 bridgehead atoms. The van der Waals surface area contributed by atoms with Crippen LogP contribution >= 0.6 is 0 Å². The first-order valence-electron chi connectivity index (χ1n) is 7.69. The highest BCUT2D eigenvalue weighted by Gasteiger charge is 2.18. The topological polar surface area (TPSA) is 96.7 Å². The maximum absolute atomic E-state index is 11.9. The van der Waals surface area contributed by atoms with Crippen molar-refractivity contribution in [3.05, 3.63) is 18.2 Å². The number of nitrogens with two attached hydrogens (primary N) is 1. The van der Waals surface area contributed by atoms with Crippen molar-refractivity contribution in [3.8, 4) is 5.75 Å². The summed E-state index contributed by atoms with van der Waals surface area (Å²) in [6, 6.07) is 4.84. The average Bonchev–Trinajstić information content (AvgIpc) is 2.52. The Hall–Kier alpha value is -2.28. The molecule has 2 rings (SSSR count). The van der Waals surface area contributed by atoms with E-state index in [1.54, 1.807) is 6.07 Å². The lowest BCUT2D eigenvalue weighted by Gasteiger charge is -2.28. The number of benzene rings is 1. The van der Waals surface area contributed by atoms with Crippen LogP contribution in [0, 0.1) is 5.92 Å². The van der Waals surface area contributed by atoms with Crippen molar-refractivity contribution in [3.63, 3.8) is 0 Å². The molecule has 1 aromatic rings. The van der Waals surface area contributed by atoms with Crippen molar-refractivity contribution in [2.45, 2.75) is 19.9 Å². The normalized spacial score (nSPS) is 14.7. The second kappa shape index (κ2) is 7.32. The lowest BCUT2D eigenvalue weighted by atomic mass is 10.1. The molecular formula is C16H24N4O3. The van der Waals surface area contributed by atoms with E-state index in [9.17, 15) is 9.59 Å². The molecule has 0 fully saturated rings. The molecule has 4 N–H and O–H groups in total. The first-order chi connectivity index (χ1) is 10.9. The molecule has 0 spiro atoms. The van der Waals surface area contributed by atoms with E-state index < -0.39 is 6.04 Å². The number of likely N-dealkylation sites (N-methyl/N-ethyl adjacent to an activating group) is 1. The molecule has 0 aromatic heterocycles. The molecule has 7 nitrogen and oxygen atoms in total. The molecule has 1 aliphatic heterocycles. The van der Waals surface area contributed by atoms with Crippen LogP contribution in [0.25, 0.3) is 0 Å². The zero-order valence-corrected chi connectivity index (χ0v) is 13.8. The monoisotopic (exact) mass is 320 g/mol. The van der Waals surface area contributed by atoms with E-state index in [1.807, 2.05) is 33.0 Å². The first kappa shape index (κ1) is 17.1. The number of nitrogens with zero attached hydrogens (tertiary/aromatic N) is 1. The summed E-state index contributed by atoms with van der Waals surface area (Å²) in [5.74, 6) is 0.199. The Labute approximate surface area is 136 Å². The predicted octanol–water partition coefficient (Wildman–Crippen LogP) is 0.553. The number of fused-ring (bicyclic) bond motifs is 1. The Kier molecular flexibility index (Phi) is 5.44. The molecule has 7 heteroatoms. The quantitative estimate of drug-likeness (QED) is 0.736. The van der Waals surface area contributed by atoms with Crippen LogP contribution in [-0.4, -0.2) is 44.6 Å². The molecule has 2 amide bonds. The minimum absolute atomic E-state index is 0.0224. The molecule has 0 radical (unpaired) electrons. The largest absolute Gasteiger partial charge is 0.490 e. The van der Waals surface area contributed by atoms with Crippen LogP contribution < -0.4 is 26.0 Å².